The second kappa shape index (κ2) is 8.18. The molecule has 122 valence electrons. The largest absolute Gasteiger partial charge is 0.493 e. The van der Waals surface area contributed by atoms with E-state index in [4.69, 9.17) is 4.74 Å². The number of hydrogen-bond donors (Lipinski definition) is 1. The molecule has 1 aromatic rings. The fourth-order valence-electron chi connectivity index (χ4n) is 3.08. The van der Waals surface area contributed by atoms with E-state index in [1.165, 1.54) is 5.56 Å². The number of para-hydroxylation sites is 1. The highest BCUT2D eigenvalue weighted by molar-refractivity contribution is 5.73. The highest BCUT2D eigenvalue weighted by atomic mass is 16.5. The second-order valence-corrected chi connectivity index (χ2v) is 6.28. The molecule has 1 aliphatic heterocycles. The van der Waals surface area contributed by atoms with Gasteiger partial charge in [-0.25, -0.2) is 0 Å². The lowest BCUT2D eigenvalue weighted by Crippen LogP contribution is -2.45. The maximum atomic E-state index is 11.3. The molecule has 2 rings (SSSR count). The molecule has 1 aliphatic rings. The molecule has 1 atom stereocenters. The van der Waals surface area contributed by atoms with Gasteiger partial charge in [-0.1, -0.05) is 38.5 Å². The van der Waals surface area contributed by atoms with Gasteiger partial charge < -0.3 is 9.84 Å². The molecule has 0 radical (unpaired) electrons. The molecule has 1 N–H and O–H groups in total. The summed E-state index contributed by atoms with van der Waals surface area (Å²) in [5, 5.41) is 9.27. The Bertz CT molecular complexity index is 487. The minimum atomic E-state index is -0.689. The third-order valence-electron chi connectivity index (χ3n) is 4.29. The smallest absolute Gasteiger partial charge is 0.320 e. The fourth-order valence-corrected chi connectivity index (χ4v) is 3.08. The maximum Gasteiger partial charge on any atom is 0.320 e. The van der Waals surface area contributed by atoms with Gasteiger partial charge in [-0.05, 0) is 43.4 Å². The van der Waals surface area contributed by atoms with E-state index in [0.717, 1.165) is 44.5 Å². The van der Waals surface area contributed by atoms with Crippen LogP contribution in [-0.4, -0.2) is 41.7 Å². The van der Waals surface area contributed by atoms with Crippen LogP contribution in [0.15, 0.2) is 24.3 Å². The van der Waals surface area contributed by atoms with Crippen LogP contribution in [-0.2, 0) is 4.79 Å². The molecule has 22 heavy (non-hydrogen) atoms. The van der Waals surface area contributed by atoms with Crippen LogP contribution in [0, 0.1) is 0 Å². The van der Waals surface area contributed by atoms with E-state index in [1.807, 2.05) is 18.2 Å². The number of hydrogen-bond acceptors (Lipinski definition) is 3. The summed E-state index contributed by atoms with van der Waals surface area (Å²) in [6, 6.07) is 7.83. The van der Waals surface area contributed by atoms with Crippen molar-refractivity contribution in [3.05, 3.63) is 29.8 Å². The molecule has 0 amide bonds. The lowest BCUT2D eigenvalue weighted by Gasteiger charge is -2.32. The summed E-state index contributed by atoms with van der Waals surface area (Å²) in [5.41, 5.74) is 1.23. The van der Waals surface area contributed by atoms with Crippen molar-refractivity contribution in [1.29, 1.82) is 0 Å². The number of likely N-dealkylation sites (tertiary alicyclic amines) is 1. The van der Waals surface area contributed by atoms with Gasteiger partial charge in [-0.15, -0.1) is 0 Å². The molecule has 1 aromatic carbocycles. The average molecular weight is 305 g/mol. The molecule has 0 aromatic heterocycles. The number of aliphatic carboxylic acids is 1. The van der Waals surface area contributed by atoms with Gasteiger partial charge in [0.1, 0.15) is 11.8 Å². The Morgan fingerprint density at radius 3 is 2.86 bits per heavy atom. The van der Waals surface area contributed by atoms with Crippen molar-refractivity contribution >= 4 is 5.97 Å². The molecule has 0 spiro atoms. The number of carbonyl (C=O) groups is 1. The van der Waals surface area contributed by atoms with Gasteiger partial charge in [0, 0.05) is 6.54 Å². The van der Waals surface area contributed by atoms with Crippen LogP contribution in [0.4, 0.5) is 0 Å². The molecule has 4 nitrogen and oxygen atoms in total. The summed E-state index contributed by atoms with van der Waals surface area (Å²) >= 11 is 0. The van der Waals surface area contributed by atoms with Crippen LogP contribution in [0.1, 0.15) is 51.0 Å². The molecule has 0 aliphatic carbocycles. The van der Waals surface area contributed by atoms with Crippen LogP contribution >= 0.6 is 0 Å². The molecular formula is C18H27NO3. The number of carboxylic acids is 1. The van der Waals surface area contributed by atoms with Gasteiger partial charge in [0.15, 0.2) is 0 Å². The second-order valence-electron chi connectivity index (χ2n) is 6.28. The number of rotatable bonds is 7. The minimum absolute atomic E-state index is 0.309. The van der Waals surface area contributed by atoms with Gasteiger partial charge in [-0.3, -0.25) is 9.69 Å². The van der Waals surface area contributed by atoms with Crippen molar-refractivity contribution in [2.24, 2.45) is 0 Å². The molecule has 1 unspecified atom stereocenters. The van der Waals surface area contributed by atoms with E-state index in [9.17, 15) is 9.90 Å². The summed E-state index contributed by atoms with van der Waals surface area (Å²) < 4.78 is 5.91. The molecule has 1 fully saturated rings. The number of carboxylic acid groups (broad SMARTS) is 1. The van der Waals surface area contributed by atoms with Crippen LogP contribution in [0.5, 0.6) is 5.75 Å². The first-order valence-electron chi connectivity index (χ1n) is 8.28. The predicted molar refractivity (Wildman–Crippen MR) is 87.5 cm³/mol. The highest BCUT2D eigenvalue weighted by Crippen LogP contribution is 2.26. The first kappa shape index (κ1) is 16.8. The van der Waals surface area contributed by atoms with Crippen molar-refractivity contribution in [3.8, 4) is 5.75 Å². The van der Waals surface area contributed by atoms with Crippen molar-refractivity contribution in [2.45, 2.75) is 51.5 Å². The highest BCUT2D eigenvalue weighted by Gasteiger charge is 2.27. The SMILES string of the molecule is CC(C)c1ccccc1OCCCN1CCCCC1C(=O)O. The van der Waals surface area contributed by atoms with Crippen LogP contribution in [0.25, 0.3) is 0 Å². The first-order valence-corrected chi connectivity index (χ1v) is 8.28. The van der Waals surface area contributed by atoms with Crippen molar-refractivity contribution in [1.82, 2.24) is 4.90 Å². The van der Waals surface area contributed by atoms with E-state index in [-0.39, 0.29) is 6.04 Å². The van der Waals surface area contributed by atoms with Crippen LogP contribution < -0.4 is 4.74 Å². The summed E-state index contributed by atoms with van der Waals surface area (Å²) in [7, 11) is 0. The fraction of sp³-hybridized carbons (Fsp3) is 0.611. The van der Waals surface area contributed by atoms with Crippen molar-refractivity contribution < 1.29 is 14.6 Å². The Labute approximate surface area is 133 Å². The normalized spacial score (nSPS) is 19.3. The Morgan fingerprint density at radius 1 is 1.36 bits per heavy atom. The summed E-state index contributed by atoms with van der Waals surface area (Å²) in [5.74, 6) is 0.700. The van der Waals surface area contributed by atoms with Crippen molar-refractivity contribution in [3.63, 3.8) is 0 Å². The Hall–Kier alpha value is -1.55. The zero-order chi connectivity index (χ0) is 15.9. The number of nitrogens with zero attached hydrogens (tertiary/aromatic N) is 1. The number of ether oxygens (including phenoxy) is 1. The van der Waals surface area contributed by atoms with E-state index >= 15 is 0 Å². The summed E-state index contributed by atoms with van der Waals surface area (Å²) in [6.07, 6.45) is 3.75. The topological polar surface area (TPSA) is 49.8 Å². The van der Waals surface area contributed by atoms with Crippen LogP contribution in [0.2, 0.25) is 0 Å². The van der Waals surface area contributed by atoms with Crippen molar-refractivity contribution in [2.75, 3.05) is 19.7 Å². The zero-order valence-corrected chi connectivity index (χ0v) is 13.6. The van der Waals surface area contributed by atoms with Gasteiger partial charge in [0.2, 0.25) is 0 Å². The lowest BCUT2D eigenvalue weighted by atomic mass is 10.0. The van der Waals surface area contributed by atoms with E-state index in [2.05, 4.69) is 24.8 Å². The lowest BCUT2D eigenvalue weighted by molar-refractivity contribution is -0.144. The van der Waals surface area contributed by atoms with E-state index in [0.29, 0.717) is 12.5 Å². The Morgan fingerprint density at radius 2 is 2.14 bits per heavy atom. The molecule has 1 heterocycles. The predicted octanol–water partition coefficient (Wildman–Crippen LogP) is 3.52. The van der Waals surface area contributed by atoms with E-state index < -0.39 is 5.97 Å². The van der Waals surface area contributed by atoms with Gasteiger partial charge in [0.05, 0.1) is 6.61 Å². The molecule has 0 bridgehead atoms. The molecule has 0 saturated carbocycles. The third-order valence-corrected chi connectivity index (χ3v) is 4.29. The Kier molecular flexibility index (Phi) is 6.25. The number of piperidine rings is 1. The first-order chi connectivity index (χ1) is 10.6. The average Bonchev–Trinajstić information content (AvgIpc) is 2.52. The monoisotopic (exact) mass is 305 g/mol. The standard InChI is InChI=1S/C18H27NO3/c1-14(2)15-8-3-4-10-17(15)22-13-7-12-19-11-6-5-9-16(19)18(20)21/h3-4,8,10,14,16H,5-7,9,11-13H2,1-2H3,(H,20,21). The number of benzene rings is 1. The molecule has 4 heteroatoms. The summed E-state index contributed by atoms with van der Waals surface area (Å²) in [4.78, 5) is 13.4. The van der Waals surface area contributed by atoms with Gasteiger partial charge >= 0.3 is 5.97 Å². The summed E-state index contributed by atoms with van der Waals surface area (Å²) in [6.45, 7) is 6.63. The third kappa shape index (κ3) is 4.47. The quantitative estimate of drug-likeness (QED) is 0.783. The minimum Gasteiger partial charge on any atom is -0.493 e. The molecular weight excluding hydrogens is 278 g/mol. The van der Waals surface area contributed by atoms with Gasteiger partial charge in [-0.2, -0.15) is 0 Å². The Balaban J connectivity index is 1.80. The molecule has 1 saturated heterocycles. The zero-order valence-electron chi connectivity index (χ0n) is 13.6. The maximum absolute atomic E-state index is 11.3. The van der Waals surface area contributed by atoms with Crippen LogP contribution in [0.3, 0.4) is 0 Å². The van der Waals surface area contributed by atoms with E-state index in [1.54, 1.807) is 0 Å². The van der Waals surface area contributed by atoms with Gasteiger partial charge in [0.25, 0.3) is 0 Å².